The lowest BCUT2D eigenvalue weighted by Crippen LogP contribution is -2.19. The van der Waals surface area contributed by atoms with Crippen molar-refractivity contribution in [1.82, 2.24) is 24.9 Å². The number of hydrogen-bond acceptors (Lipinski definition) is 9. The van der Waals surface area contributed by atoms with Crippen molar-refractivity contribution in [1.29, 1.82) is 0 Å². The second kappa shape index (κ2) is 13.0. The molecule has 11 heteroatoms. The molecule has 2 atom stereocenters. The van der Waals surface area contributed by atoms with E-state index in [1.54, 1.807) is 48.3 Å². The van der Waals surface area contributed by atoms with Crippen LogP contribution in [-0.4, -0.2) is 37.5 Å². The van der Waals surface area contributed by atoms with Gasteiger partial charge in [-0.15, -0.1) is 0 Å². The highest BCUT2D eigenvalue weighted by Crippen LogP contribution is 2.31. The molecule has 0 bridgehead atoms. The Morgan fingerprint density at radius 1 is 1.09 bits per heavy atom. The molecule has 0 spiro atoms. The fourth-order valence-electron chi connectivity index (χ4n) is 4.78. The number of aromatic nitrogens is 5. The first-order valence-electron chi connectivity index (χ1n) is 14.2. The predicted molar refractivity (Wildman–Crippen MR) is 153 cm³/mol. The van der Waals surface area contributed by atoms with Crippen LogP contribution in [0.15, 0.2) is 83.6 Å². The van der Waals surface area contributed by atoms with Crippen LogP contribution in [0.25, 0.3) is 22.6 Å². The molecule has 0 aliphatic carbocycles. The van der Waals surface area contributed by atoms with E-state index in [4.69, 9.17) is 18.7 Å². The van der Waals surface area contributed by atoms with Crippen LogP contribution in [0.1, 0.15) is 43.9 Å². The Morgan fingerprint density at radius 3 is 2.70 bits per heavy atom. The molecule has 0 amide bonds. The highest BCUT2D eigenvalue weighted by molar-refractivity contribution is 5.72. The number of rotatable bonds is 10. The number of esters is 1. The first kappa shape index (κ1) is 28.2. The smallest absolute Gasteiger partial charge is 0.309 e. The van der Waals surface area contributed by atoms with Crippen molar-refractivity contribution in [2.24, 2.45) is 5.92 Å². The number of carbonyl (C=O) groups is 1. The number of benzene rings is 2. The standard InChI is InChI=1S/C32H30FN5O5/c1-21(32(39)41-20-22-7-3-2-4-8-22)17-28-36-30(37-43-28)23-10-12-25(13-11-23)42-31-26(33)18-24(19-34-31)27-14-15-35-38(27)29-9-5-6-16-40-29/h2-4,7-8,10-15,18-19,21,29H,5-6,9,16-17,20H2,1H3/t21-,29?/m0/s1. The molecule has 1 saturated heterocycles. The summed E-state index contributed by atoms with van der Waals surface area (Å²) in [5.74, 6) is -0.474. The van der Waals surface area contributed by atoms with Crippen LogP contribution in [0.4, 0.5) is 4.39 Å². The van der Waals surface area contributed by atoms with Crippen LogP contribution < -0.4 is 4.74 Å². The van der Waals surface area contributed by atoms with Gasteiger partial charge in [0.2, 0.25) is 11.7 Å². The summed E-state index contributed by atoms with van der Waals surface area (Å²) in [6.07, 6.45) is 6.25. The molecule has 4 heterocycles. The molecule has 2 aromatic carbocycles. The number of hydrogen-bond donors (Lipinski definition) is 0. The molecular weight excluding hydrogens is 553 g/mol. The number of pyridine rings is 1. The summed E-state index contributed by atoms with van der Waals surface area (Å²) >= 11 is 0. The topological polar surface area (TPSA) is 114 Å². The predicted octanol–water partition coefficient (Wildman–Crippen LogP) is 6.55. The number of carbonyl (C=O) groups excluding carboxylic acids is 1. The zero-order chi connectivity index (χ0) is 29.6. The maximum absolute atomic E-state index is 15.0. The van der Waals surface area contributed by atoms with Gasteiger partial charge in [0.05, 0.1) is 11.6 Å². The SMILES string of the molecule is C[C@@H](Cc1nc(-c2ccc(Oc3ncc(-c4ccnn4C4CCCCO4)cc3F)cc2)no1)C(=O)OCc1ccccc1. The fraction of sp³-hybridized carbons (Fsp3) is 0.281. The highest BCUT2D eigenvalue weighted by Gasteiger charge is 2.22. The fourth-order valence-corrected chi connectivity index (χ4v) is 4.78. The van der Waals surface area contributed by atoms with Crippen molar-refractivity contribution in [3.05, 3.63) is 96.4 Å². The zero-order valence-electron chi connectivity index (χ0n) is 23.6. The molecule has 10 nitrogen and oxygen atoms in total. The van der Waals surface area contributed by atoms with Crippen molar-refractivity contribution in [2.75, 3.05) is 6.61 Å². The van der Waals surface area contributed by atoms with Gasteiger partial charge in [-0.1, -0.05) is 42.4 Å². The van der Waals surface area contributed by atoms with Crippen LogP contribution in [-0.2, 0) is 27.3 Å². The minimum absolute atomic E-state index is 0.147. The number of ether oxygens (including phenoxy) is 3. The molecule has 0 saturated carbocycles. The molecule has 3 aromatic heterocycles. The van der Waals surface area contributed by atoms with Crippen molar-refractivity contribution in [3.8, 4) is 34.3 Å². The Bertz CT molecular complexity index is 1670. The second-order valence-corrected chi connectivity index (χ2v) is 10.3. The summed E-state index contributed by atoms with van der Waals surface area (Å²) in [6, 6.07) is 19.5. The Morgan fingerprint density at radius 2 is 1.93 bits per heavy atom. The average Bonchev–Trinajstić information content (AvgIpc) is 3.73. The van der Waals surface area contributed by atoms with Gasteiger partial charge in [-0.2, -0.15) is 10.1 Å². The monoisotopic (exact) mass is 583 g/mol. The summed E-state index contributed by atoms with van der Waals surface area (Å²) in [7, 11) is 0. The molecule has 5 aromatic rings. The van der Waals surface area contributed by atoms with Gasteiger partial charge in [0, 0.05) is 36.5 Å². The van der Waals surface area contributed by atoms with E-state index < -0.39 is 11.7 Å². The molecule has 1 aliphatic heterocycles. The van der Waals surface area contributed by atoms with Gasteiger partial charge < -0.3 is 18.7 Å². The molecule has 1 unspecified atom stereocenters. The molecule has 1 fully saturated rings. The van der Waals surface area contributed by atoms with Gasteiger partial charge in [0.25, 0.3) is 5.88 Å². The zero-order valence-corrected chi connectivity index (χ0v) is 23.6. The summed E-state index contributed by atoms with van der Waals surface area (Å²) in [5, 5.41) is 8.41. The van der Waals surface area contributed by atoms with Crippen LogP contribution in [0.2, 0.25) is 0 Å². The summed E-state index contributed by atoms with van der Waals surface area (Å²) < 4.78 is 39.1. The van der Waals surface area contributed by atoms with Crippen molar-refractivity contribution < 1.29 is 27.9 Å². The van der Waals surface area contributed by atoms with Gasteiger partial charge >= 0.3 is 5.97 Å². The van der Waals surface area contributed by atoms with Gasteiger partial charge in [0.1, 0.15) is 12.4 Å². The van der Waals surface area contributed by atoms with Crippen molar-refractivity contribution >= 4 is 5.97 Å². The Labute approximate surface area is 247 Å². The quantitative estimate of drug-likeness (QED) is 0.169. The molecule has 0 N–H and O–H groups in total. The van der Waals surface area contributed by atoms with Crippen LogP contribution >= 0.6 is 0 Å². The maximum Gasteiger partial charge on any atom is 0.309 e. The largest absolute Gasteiger partial charge is 0.461 e. The molecule has 0 radical (unpaired) electrons. The van der Waals surface area contributed by atoms with Gasteiger partial charge in [-0.05, 0) is 61.2 Å². The summed E-state index contributed by atoms with van der Waals surface area (Å²) in [5.41, 5.74) is 2.90. The first-order chi connectivity index (χ1) is 21.0. The lowest BCUT2D eigenvalue weighted by Gasteiger charge is -2.24. The summed E-state index contributed by atoms with van der Waals surface area (Å²) in [4.78, 5) is 21.0. The van der Waals surface area contributed by atoms with E-state index in [1.165, 1.54) is 6.07 Å². The lowest BCUT2D eigenvalue weighted by atomic mass is 10.1. The van der Waals surface area contributed by atoms with E-state index >= 15 is 4.39 Å². The summed E-state index contributed by atoms with van der Waals surface area (Å²) in [6.45, 7) is 2.64. The van der Waals surface area contributed by atoms with Crippen molar-refractivity contribution in [3.63, 3.8) is 0 Å². The molecule has 220 valence electrons. The maximum atomic E-state index is 15.0. The lowest BCUT2D eigenvalue weighted by molar-refractivity contribution is -0.149. The third-order valence-electron chi connectivity index (χ3n) is 7.10. The van der Waals surface area contributed by atoms with Crippen LogP contribution in [0.3, 0.4) is 0 Å². The average molecular weight is 584 g/mol. The van der Waals surface area contributed by atoms with E-state index in [1.807, 2.05) is 36.4 Å². The normalized spacial score (nSPS) is 15.6. The first-order valence-corrected chi connectivity index (χ1v) is 14.2. The van der Waals surface area contributed by atoms with Gasteiger partial charge in [0.15, 0.2) is 12.0 Å². The van der Waals surface area contributed by atoms with Gasteiger partial charge in [-0.3, -0.25) is 4.79 Å². The number of halogens is 1. The van der Waals surface area contributed by atoms with E-state index in [9.17, 15) is 4.79 Å². The molecule has 1 aliphatic rings. The number of nitrogens with zero attached hydrogens (tertiary/aromatic N) is 5. The van der Waals surface area contributed by atoms with E-state index in [0.717, 1.165) is 30.5 Å². The Kier molecular flexibility index (Phi) is 8.50. The molecule has 6 rings (SSSR count). The van der Waals surface area contributed by atoms with E-state index in [0.29, 0.717) is 35.2 Å². The minimum Gasteiger partial charge on any atom is -0.461 e. The van der Waals surface area contributed by atoms with Crippen LogP contribution in [0, 0.1) is 11.7 Å². The molecule has 43 heavy (non-hydrogen) atoms. The third kappa shape index (κ3) is 6.78. The Hall–Kier alpha value is -4.90. The molecular formula is C32H30FN5O5. The van der Waals surface area contributed by atoms with Crippen molar-refractivity contribution in [2.45, 2.75) is 45.4 Å². The minimum atomic E-state index is -0.599. The third-order valence-corrected chi connectivity index (χ3v) is 7.10. The van der Waals surface area contributed by atoms with E-state index in [2.05, 4.69) is 20.2 Å². The van der Waals surface area contributed by atoms with Gasteiger partial charge in [-0.25, -0.2) is 14.1 Å². The van der Waals surface area contributed by atoms with Crippen LogP contribution in [0.5, 0.6) is 11.6 Å². The highest BCUT2D eigenvalue weighted by atomic mass is 19.1. The second-order valence-electron chi connectivity index (χ2n) is 10.3. The Balaban J connectivity index is 1.06. The van der Waals surface area contributed by atoms with E-state index in [-0.39, 0.29) is 31.1 Å².